The number of rotatable bonds is 5. The van der Waals surface area contributed by atoms with E-state index in [-0.39, 0.29) is 5.82 Å². The fourth-order valence-corrected chi connectivity index (χ4v) is 2.45. The molecule has 0 aliphatic carbocycles. The van der Waals surface area contributed by atoms with Gasteiger partial charge in [0.1, 0.15) is 11.4 Å². The predicted molar refractivity (Wildman–Crippen MR) is 75.3 cm³/mol. The Morgan fingerprint density at radius 3 is 2.89 bits per heavy atom. The fraction of sp³-hybridized carbons (Fsp3) is 0.429. The first-order chi connectivity index (χ1) is 8.58. The smallest absolute Gasteiger partial charge is 0.148 e. The van der Waals surface area contributed by atoms with Crippen LogP contribution in [-0.4, -0.2) is 13.1 Å². The van der Waals surface area contributed by atoms with Gasteiger partial charge in [-0.05, 0) is 59.1 Å². The average molecular weight is 314 g/mol. The Kier molecular flexibility index (Phi) is 4.40. The van der Waals surface area contributed by atoms with Crippen LogP contribution in [0.15, 0.2) is 27.3 Å². The lowest BCUT2D eigenvalue weighted by Gasteiger charge is -2.06. The summed E-state index contributed by atoms with van der Waals surface area (Å²) in [6.07, 6.45) is 2.56. The predicted octanol–water partition coefficient (Wildman–Crippen LogP) is 4.12. The van der Waals surface area contributed by atoms with Gasteiger partial charge in [-0.15, -0.1) is 0 Å². The average Bonchev–Trinajstić information content (AvgIpc) is 2.67. The largest absolute Gasteiger partial charge is 0.463 e. The summed E-state index contributed by atoms with van der Waals surface area (Å²) in [6, 6.07) is 2.95. The summed E-state index contributed by atoms with van der Waals surface area (Å²) >= 11 is 3.31. The van der Waals surface area contributed by atoms with E-state index in [1.807, 2.05) is 0 Å². The van der Waals surface area contributed by atoms with Crippen LogP contribution in [0.5, 0.6) is 0 Å². The van der Waals surface area contributed by atoms with Crippen molar-refractivity contribution in [1.29, 1.82) is 0 Å². The molecular formula is C14H17BrFNO. The highest BCUT2D eigenvalue weighted by molar-refractivity contribution is 9.10. The third-order valence-electron chi connectivity index (χ3n) is 2.80. The van der Waals surface area contributed by atoms with Gasteiger partial charge < -0.3 is 9.73 Å². The van der Waals surface area contributed by atoms with Crippen LogP contribution in [0.2, 0.25) is 0 Å². The van der Waals surface area contributed by atoms with Crippen molar-refractivity contribution in [3.05, 3.63) is 34.2 Å². The van der Waals surface area contributed by atoms with E-state index >= 15 is 0 Å². The summed E-state index contributed by atoms with van der Waals surface area (Å²) in [5.74, 6) is 0.393. The van der Waals surface area contributed by atoms with Gasteiger partial charge in [-0.2, -0.15) is 0 Å². The zero-order chi connectivity index (χ0) is 13.1. The van der Waals surface area contributed by atoms with Gasteiger partial charge >= 0.3 is 0 Å². The molecule has 2 aromatic rings. The monoisotopic (exact) mass is 313 g/mol. The van der Waals surface area contributed by atoms with Gasteiger partial charge in [0, 0.05) is 5.39 Å². The standard InChI is InChI=1S/C14H17BrFNO/c1-9(2)7-17-4-3-10-8-18-14-12(10)5-11(16)6-13(14)15/h5-6,8-9,17H,3-4,7H2,1-2H3. The van der Waals surface area contributed by atoms with Crippen molar-refractivity contribution in [3.63, 3.8) is 0 Å². The molecule has 0 fully saturated rings. The third kappa shape index (κ3) is 3.12. The molecule has 0 aliphatic rings. The lowest BCUT2D eigenvalue weighted by molar-refractivity contribution is 0.552. The molecule has 0 spiro atoms. The molecule has 1 heterocycles. The number of halogens is 2. The number of fused-ring (bicyclic) bond motifs is 1. The van der Waals surface area contributed by atoms with Crippen LogP contribution in [0, 0.1) is 11.7 Å². The van der Waals surface area contributed by atoms with Crippen LogP contribution in [-0.2, 0) is 6.42 Å². The first-order valence-electron chi connectivity index (χ1n) is 6.13. The third-order valence-corrected chi connectivity index (χ3v) is 3.39. The minimum absolute atomic E-state index is 0.243. The molecule has 2 rings (SSSR count). The van der Waals surface area contributed by atoms with Crippen LogP contribution in [0.3, 0.4) is 0 Å². The molecule has 1 aromatic carbocycles. The Balaban J connectivity index is 2.09. The topological polar surface area (TPSA) is 25.2 Å². The second-order valence-electron chi connectivity index (χ2n) is 4.87. The van der Waals surface area contributed by atoms with E-state index in [2.05, 4.69) is 35.1 Å². The maximum Gasteiger partial charge on any atom is 0.148 e. The van der Waals surface area contributed by atoms with Crippen molar-refractivity contribution in [1.82, 2.24) is 5.32 Å². The molecule has 0 saturated carbocycles. The maximum absolute atomic E-state index is 13.4. The summed E-state index contributed by atoms with van der Waals surface area (Å²) in [7, 11) is 0. The summed E-state index contributed by atoms with van der Waals surface area (Å²) in [4.78, 5) is 0. The zero-order valence-electron chi connectivity index (χ0n) is 10.6. The van der Waals surface area contributed by atoms with E-state index in [9.17, 15) is 4.39 Å². The van der Waals surface area contributed by atoms with Crippen molar-refractivity contribution in [3.8, 4) is 0 Å². The number of hydrogen-bond donors (Lipinski definition) is 1. The molecule has 2 nitrogen and oxygen atoms in total. The Bertz CT molecular complexity index is 536. The van der Waals surface area contributed by atoms with E-state index in [4.69, 9.17) is 4.42 Å². The van der Waals surface area contributed by atoms with Crippen molar-refractivity contribution in [2.75, 3.05) is 13.1 Å². The van der Waals surface area contributed by atoms with Crippen molar-refractivity contribution < 1.29 is 8.81 Å². The van der Waals surface area contributed by atoms with E-state index in [1.165, 1.54) is 12.1 Å². The van der Waals surface area contributed by atoms with E-state index in [0.29, 0.717) is 10.4 Å². The molecule has 0 saturated heterocycles. The van der Waals surface area contributed by atoms with Crippen LogP contribution < -0.4 is 5.32 Å². The van der Waals surface area contributed by atoms with Gasteiger partial charge in [0.25, 0.3) is 0 Å². The molecule has 0 amide bonds. The number of hydrogen-bond acceptors (Lipinski definition) is 2. The Hall–Kier alpha value is -0.870. The molecule has 4 heteroatoms. The summed E-state index contributed by atoms with van der Waals surface area (Å²) in [5.41, 5.74) is 1.76. The van der Waals surface area contributed by atoms with Crippen LogP contribution in [0.1, 0.15) is 19.4 Å². The minimum atomic E-state index is -0.243. The number of furan rings is 1. The van der Waals surface area contributed by atoms with Crippen molar-refractivity contribution >= 4 is 26.9 Å². The first kappa shape index (κ1) is 13.6. The van der Waals surface area contributed by atoms with E-state index < -0.39 is 0 Å². The highest BCUT2D eigenvalue weighted by Gasteiger charge is 2.10. The normalized spacial score (nSPS) is 11.6. The first-order valence-corrected chi connectivity index (χ1v) is 6.93. The summed E-state index contributed by atoms with van der Waals surface area (Å²) < 4.78 is 19.5. The molecule has 0 bridgehead atoms. The van der Waals surface area contributed by atoms with Crippen LogP contribution >= 0.6 is 15.9 Å². The van der Waals surface area contributed by atoms with Gasteiger partial charge in [-0.1, -0.05) is 13.8 Å². The van der Waals surface area contributed by atoms with E-state index in [1.54, 1.807) is 6.26 Å². The zero-order valence-corrected chi connectivity index (χ0v) is 12.2. The molecule has 0 radical (unpaired) electrons. The van der Waals surface area contributed by atoms with E-state index in [0.717, 1.165) is 36.0 Å². The second kappa shape index (κ2) is 5.85. The van der Waals surface area contributed by atoms with Gasteiger partial charge in [0.15, 0.2) is 0 Å². The Labute approximate surface area is 115 Å². The van der Waals surface area contributed by atoms with Gasteiger partial charge in [0.2, 0.25) is 0 Å². The van der Waals surface area contributed by atoms with Gasteiger partial charge in [0.05, 0.1) is 10.7 Å². The highest BCUT2D eigenvalue weighted by Crippen LogP contribution is 2.29. The molecule has 0 atom stereocenters. The quantitative estimate of drug-likeness (QED) is 0.840. The number of nitrogens with one attached hydrogen (secondary N) is 1. The molecule has 1 N–H and O–H groups in total. The lowest BCUT2D eigenvalue weighted by atomic mass is 10.1. The number of benzene rings is 1. The van der Waals surface area contributed by atoms with Gasteiger partial charge in [-0.3, -0.25) is 0 Å². The molecule has 98 valence electrons. The molecule has 18 heavy (non-hydrogen) atoms. The Morgan fingerprint density at radius 2 is 2.17 bits per heavy atom. The van der Waals surface area contributed by atoms with Gasteiger partial charge in [-0.25, -0.2) is 4.39 Å². The second-order valence-corrected chi connectivity index (χ2v) is 5.73. The summed E-state index contributed by atoms with van der Waals surface area (Å²) in [6.45, 7) is 6.22. The molecule has 0 aliphatic heterocycles. The maximum atomic E-state index is 13.4. The fourth-order valence-electron chi connectivity index (χ4n) is 1.92. The summed E-state index contributed by atoms with van der Waals surface area (Å²) in [5, 5.41) is 4.22. The van der Waals surface area contributed by atoms with Crippen LogP contribution in [0.4, 0.5) is 4.39 Å². The van der Waals surface area contributed by atoms with Crippen LogP contribution in [0.25, 0.3) is 11.0 Å². The van der Waals surface area contributed by atoms with Crippen molar-refractivity contribution in [2.24, 2.45) is 5.92 Å². The minimum Gasteiger partial charge on any atom is -0.463 e. The SMILES string of the molecule is CC(C)CNCCc1coc2c(Br)cc(F)cc12. The molecular weight excluding hydrogens is 297 g/mol. The Morgan fingerprint density at radius 1 is 1.39 bits per heavy atom. The highest BCUT2D eigenvalue weighted by atomic mass is 79.9. The molecule has 0 unspecified atom stereocenters. The lowest BCUT2D eigenvalue weighted by Crippen LogP contribution is -2.21. The molecule has 1 aromatic heterocycles. The van der Waals surface area contributed by atoms with Crippen molar-refractivity contribution in [2.45, 2.75) is 20.3 Å².